The number of hydrogen-bond donors (Lipinski definition) is 0. The molecule has 0 aliphatic carbocycles. The van der Waals surface area contributed by atoms with E-state index in [1.165, 1.54) is 16.5 Å². The highest BCUT2D eigenvalue weighted by Crippen LogP contribution is 2.24. The summed E-state index contributed by atoms with van der Waals surface area (Å²) in [7, 11) is 3.95. The zero-order chi connectivity index (χ0) is 13.8. The first-order chi connectivity index (χ1) is 9.13. The number of ether oxygens (including phenoxy) is 1. The maximum atomic E-state index is 5.31. The average Bonchev–Trinajstić information content (AvgIpc) is 2.43. The van der Waals surface area contributed by atoms with Gasteiger partial charge in [-0.2, -0.15) is 0 Å². The Morgan fingerprint density at radius 2 is 2.16 bits per heavy atom. The number of methoxy groups -OCH3 is 1. The van der Waals surface area contributed by atoms with Gasteiger partial charge in [-0.3, -0.25) is 4.90 Å². The Morgan fingerprint density at radius 1 is 1.37 bits per heavy atom. The van der Waals surface area contributed by atoms with Crippen molar-refractivity contribution >= 4 is 15.9 Å². The molecule has 1 aliphatic rings. The van der Waals surface area contributed by atoms with Crippen molar-refractivity contribution in [3.63, 3.8) is 0 Å². The standard InChI is InChI=1S/C15H23BrN2O/c1-4-13-11-18(8-7-17(13)2)10-12-9-14(19-3)5-6-15(12)16/h5-6,9,13H,4,7-8,10-11H2,1-3H3. The first-order valence-electron chi connectivity index (χ1n) is 6.89. The summed E-state index contributed by atoms with van der Waals surface area (Å²) in [6.45, 7) is 6.70. The van der Waals surface area contributed by atoms with Crippen LogP contribution in [0.5, 0.6) is 5.75 Å². The number of rotatable bonds is 4. The molecule has 1 atom stereocenters. The lowest BCUT2D eigenvalue weighted by Crippen LogP contribution is -2.50. The number of likely N-dealkylation sites (N-methyl/N-ethyl adjacent to an activating group) is 1. The van der Waals surface area contributed by atoms with E-state index in [1.807, 2.05) is 6.07 Å². The highest BCUT2D eigenvalue weighted by atomic mass is 79.9. The Balaban J connectivity index is 2.04. The summed E-state index contributed by atoms with van der Waals surface area (Å²) in [5, 5.41) is 0. The molecule has 0 N–H and O–H groups in total. The van der Waals surface area contributed by atoms with Crippen LogP contribution < -0.4 is 4.74 Å². The van der Waals surface area contributed by atoms with E-state index >= 15 is 0 Å². The van der Waals surface area contributed by atoms with Crippen LogP contribution in [0.4, 0.5) is 0 Å². The second-order valence-corrected chi connectivity index (χ2v) is 6.09. The minimum atomic E-state index is 0.679. The molecule has 106 valence electrons. The molecule has 1 fully saturated rings. The lowest BCUT2D eigenvalue weighted by molar-refractivity contribution is 0.0882. The van der Waals surface area contributed by atoms with E-state index in [4.69, 9.17) is 4.74 Å². The minimum Gasteiger partial charge on any atom is -0.497 e. The van der Waals surface area contributed by atoms with Crippen LogP contribution in [-0.4, -0.2) is 49.6 Å². The molecule has 0 bridgehead atoms. The second kappa shape index (κ2) is 6.73. The summed E-state index contributed by atoms with van der Waals surface area (Å²) in [6, 6.07) is 6.87. The quantitative estimate of drug-likeness (QED) is 0.846. The molecule has 0 amide bonds. The van der Waals surface area contributed by atoms with E-state index in [2.05, 4.69) is 51.8 Å². The van der Waals surface area contributed by atoms with Crippen LogP contribution >= 0.6 is 15.9 Å². The van der Waals surface area contributed by atoms with Crippen LogP contribution in [0.15, 0.2) is 22.7 Å². The second-order valence-electron chi connectivity index (χ2n) is 5.24. The summed E-state index contributed by atoms with van der Waals surface area (Å²) < 4.78 is 6.48. The topological polar surface area (TPSA) is 15.7 Å². The smallest absolute Gasteiger partial charge is 0.119 e. The molecule has 1 heterocycles. The highest BCUT2D eigenvalue weighted by molar-refractivity contribution is 9.10. The average molecular weight is 327 g/mol. The van der Waals surface area contributed by atoms with Crippen molar-refractivity contribution in [3.8, 4) is 5.75 Å². The maximum absolute atomic E-state index is 5.31. The lowest BCUT2D eigenvalue weighted by atomic mass is 10.1. The first kappa shape index (κ1) is 14.8. The van der Waals surface area contributed by atoms with Crippen molar-refractivity contribution in [1.29, 1.82) is 0 Å². The van der Waals surface area contributed by atoms with Gasteiger partial charge in [-0.05, 0) is 37.2 Å². The maximum Gasteiger partial charge on any atom is 0.119 e. The third-order valence-electron chi connectivity index (χ3n) is 3.98. The summed E-state index contributed by atoms with van der Waals surface area (Å²) in [6.07, 6.45) is 1.21. The fourth-order valence-corrected chi connectivity index (χ4v) is 3.01. The molecule has 1 aromatic carbocycles. The Morgan fingerprint density at radius 3 is 2.84 bits per heavy atom. The van der Waals surface area contributed by atoms with Crippen LogP contribution in [0.2, 0.25) is 0 Å². The summed E-state index contributed by atoms with van der Waals surface area (Å²) in [4.78, 5) is 5.00. The Labute approximate surface area is 124 Å². The largest absolute Gasteiger partial charge is 0.497 e. The van der Waals surface area contributed by atoms with E-state index < -0.39 is 0 Å². The SMILES string of the molecule is CCC1CN(Cc2cc(OC)ccc2Br)CCN1C. The molecule has 0 spiro atoms. The van der Waals surface area contributed by atoms with Gasteiger partial charge in [-0.1, -0.05) is 22.9 Å². The molecule has 1 aromatic rings. The van der Waals surface area contributed by atoms with Crippen LogP contribution in [0.1, 0.15) is 18.9 Å². The summed E-state index contributed by atoms with van der Waals surface area (Å²) in [5.41, 5.74) is 1.30. The van der Waals surface area contributed by atoms with Crippen LogP contribution in [0, 0.1) is 0 Å². The van der Waals surface area contributed by atoms with Gasteiger partial charge in [0, 0.05) is 36.7 Å². The molecule has 1 saturated heterocycles. The molecule has 3 nitrogen and oxygen atoms in total. The van der Waals surface area contributed by atoms with Gasteiger partial charge in [0.2, 0.25) is 0 Å². The molecule has 1 unspecified atom stereocenters. The zero-order valence-electron chi connectivity index (χ0n) is 12.0. The number of benzene rings is 1. The van der Waals surface area contributed by atoms with E-state index in [0.717, 1.165) is 31.9 Å². The van der Waals surface area contributed by atoms with Gasteiger partial charge in [0.1, 0.15) is 5.75 Å². The van der Waals surface area contributed by atoms with E-state index in [0.29, 0.717) is 6.04 Å². The van der Waals surface area contributed by atoms with Crippen molar-refractivity contribution in [2.24, 2.45) is 0 Å². The Kier molecular flexibility index (Phi) is 5.25. The predicted molar refractivity (Wildman–Crippen MR) is 82.7 cm³/mol. The monoisotopic (exact) mass is 326 g/mol. The number of nitrogens with zero attached hydrogens (tertiary/aromatic N) is 2. The fourth-order valence-electron chi connectivity index (χ4n) is 2.63. The molecule has 4 heteroatoms. The third kappa shape index (κ3) is 3.71. The van der Waals surface area contributed by atoms with Crippen molar-refractivity contribution < 1.29 is 4.74 Å². The molecule has 0 radical (unpaired) electrons. The molecule has 0 aromatic heterocycles. The molecule has 2 rings (SSSR count). The number of halogens is 1. The molecular weight excluding hydrogens is 304 g/mol. The molecule has 0 saturated carbocycles. The van der Waals surface area contributed by atoms with Crippen LogP contribution in [0.25, 0.3) is 0 Å². The molecule has 1 aliphatic heterocycles. The summed E-state index contributed by atoms with van der Waals surface area (Å²) in [5.74, 6) is 0.930. The van der Waals surface area contributed by atoms with Crippen LogP contribution in [0.3, 0.4) is 0 Å². The zero-order valence-corrected chi connectivity index (χ0v) is 13.6. The van der Waals surface area contributed by atoms with E-state index in [1.54, 1.807) is 7.11 Å². The lowest BCUT2D eigenvalue weighted by Gasteiger charge is -2.39. The number of piperazine rings is 1. The van der Waals surface area contributed by atoms with Gasteiger partial charge < -0.3 is 9.64 Å². The first-order valence-corrected chi connectivity index (χ1v) is 7.68. The normalized spacial score (nSPS) is 21.6. The number of hydrogen-bond acceptors (Lipinski definition) is 3. The van der Waals surface area contributed by atoms with Crippen molar-refractivity contribution in [2.75, 3.05) is 33.8 Å². The Hall–Kier alpha value is -0.580. The van der Waals surface area contributed by atoms with Gasteiger partial charge in [0.25, 0.3) is 0 Å². The van der Waals surface area contributed by atoms with Crippen LogP contribution in [-0.2, 0) is 6.54 Å². The van der Waals surface area contributed by atoms with E-state index in [-0.39, 0.29) is 0 Å². The van der Waals surface area contributed by atoms with Gasteiger partial charge in [0.15, 0.2) is 0 Å². The van der Waals surface area contributed by atoms with Gasteiger partial charge in [-0.15, -0.1) is 0 Å². The van der Waals surface area contributed by atoms with E-state index in [9.17, 15) is 0 Å². The van der Waals surface area contributed by atoms with Gasteiger partial charge >= 0.3 is 0 Å². The summed E-state index contributed by atoms with van der Waals surface area (Å²) >= 11 is 3.64. The van der Waals surface area contributed by atoms with Crippen molar-refractivity contribution in [1.82, 2.24) is 9.80 Å². The fraction of sp³-hybridized carbons (Fsp3) is 0.600. The molecule has 19 heavy (non-hydrogen) atoms. The highest BCUT2D eigenvalue weighted by Gasteiger charge is 2.23. The van der Waals surface area contributed by atoms with Crippen molar-refractivity contribution in [3.05, 3.63) is 28.2 Å². The van der Waals surface area contributed by atoms with Crippen molar-refractivity contribution in [2.45, 2.75) is 25.9 Å². The minimum absolute atomic E-state index is 0.679. The predicted octanol–water partition coefficient (Wildman–Crippen LogP) is 2.98. The Bertz CT molecular complexity index is 425. The van der Waals surface area contributed by atoms with Gasteiger partial charge in [0.05, 0.1) is 7.11 Å². The van der Waals surface area contributed by atoms with Gasteiger partial charge in [-0.25, -0.2) is 0 Å². The molecular formula is C15H23BrN2O. The third-order valence-corrected chi connectivity index (χ3v) is 4.75.